The average Bonchev–Trinajstić information content (AvgIpc) is 3.37. The zero-order chi connectivity index (χ0) is 19.1. The van der Waals surface area contributed by atoms with Crippen LogP contribution in [0.4, 0.5) is 5.13 Å². The maximum atomic E-state index is 13.1. The van der Waals surface area contributed by atoms with E-state index in [0.29, 0.717) is 17.4 Å². The van der Waals surface area contributed by atoms with Crippen LogP contribution in [0.25, 0.3) is 20.4 Å². The zero-order valence-corrected chi connectivity index (χ0v) is 16.8. The summed E-state index contributed by atoms with van der Waals surface area (Å²) in [5.41, 5.74) is 4.99. The Kier molecular flexibility index (Phi) is 4.22. The highest BCUT2D eigenvalue weighted by Gasteiger charge is 2.18. The van der Waals surface area contributed by atoms with Gasteiger partial charge in [-0.3, -0.25) is 10.1 Å². The minimum Gasteiger partial charge on any atom is -0.331 e. The molecule has 0 aliphatic carbocycles. The van der Waals surface area contributed by atoms with Crippen LogP contribution in [-0.2, 0) is 6.54 Å². The number of nitrogens with one attached hydrogen (secondary N) is 1. The van der Waals surface area contributed by atoms with Crippen LogP contribution in [0.1, 0.15) is 21.6 Å². The smallest absolute Gasteiger partial charge is 0.274 e. The predicted octanol–water partition coefficient (Wildman–Crippen LogP) is 5.92. The van der Waals surface area contributed by atoms with Gasteiger partial charge in [-0.15, -0.1) is 11.3 Å². The molecule has 4 nitrogen and oxygen atoms in total. The van der Waals surface area contributed by atoms with Gasteiger partial charge in [0.15, 0.2) is 5.13 Å². The number of benzene rings is 2. The van der Waals surface area contributed by atoms with Crippen LogP contribution in [-0.4, -0.2) is 15.5 Å². The van der Waals surface area contributed by atoms with Crippen LogP contribution in [0.5, 0.6) is 0 Å². The second-order valence-corrected chi connectivity index (χ2v) is 8.69. The van der Waals surface area contributed by atoms with Gasteiger partial charge in [0.05, 0.1) is 20.4 Å². The van der Waals surface area contributed by atoms with Crippen molar-refractivity contribution in [2.75, 3.05) is 5.32 Å². The minimum atomic E-state index is -0.130. The molecule has 1 amide bonds. The predicted molar refractivity (Wildman–Crippen MR) is 118 cm³/mol. The molecule has 0 spiro atoms. The van der Waals surface area contributed by atoms with Crippen molar-refractivity contribution in [1.29, 1.82) is 0 Å². The molecule has 1 N–H and O–H groups in total. The van der Waals surface area contributed by atoms with E-state index in [0.717, 1.165) is 26.0 Å². The number of thiophene rings is 1. The van der Waals surface area contributed by atoms with E-state index in [1.165, 1.54) is 16.9 Å². The molecule has 0 saturated carbocycles. The first kappa shape index (κ1) is 17.2. The van der Waals surface area contributed by atoms with Gasteiger partial charge in [-0.2, -0.15) is 0 Å². The summed E-state index contributed by atoms with van der Waals surface area (Å²) >= 11 is 3.15. The van der Waals surface area contributed by atoms with Gasteiger partial charge in [0.2, 0.25) is 0 Å². The topological polar surface area (TPSA) is 46.9 Å². The lowest BCUT2D eigenvalue weighted by Crippen LogP contribution is -2.17. The monoisotopic (exact) mass is 403 g/mol. The molecular weight excluding hydrogens is 386 g/mol. The Labute approximate surface area is 170 Å². The van der Waals surface area contributed by atoms with Crippen LogP contribution >= 0.6 is 22.7 Å². The van der Waals surface area contributed by atoms with E-state index >= 15 is 0 Å². The molecule has 0 aliphatic heterocycles. The normalized spacial score (nSPS) is 11.3. The number of aryl methyl sites for hydroxylation is 1. The minimum absolute atomic E-state index is 0.130. The Balaban J connectivity index is 1.50. The van der Waals surface area contributed by atoms with Gasteiger partial charge >= 0.3 is 0 Å². The van der Waals surface area contributed by atoms with Crippen molar-refractivity contribution < 1.29 is 4.79 Å². The Morgan fingerprint density at radius 1 is 1.07 bits per heavy atom. The molecule has 3 aromatic heterocycles. The molecule has 0 unspecified atom stereocenters. The fourth-order valence-corrected chi connectivity index (χ4v) is 5.13. The maximum absolute atomic E-state index is 13.1. The first-order valence-corrected chi connectivity index (χ1v) is 10.7. The third-order valence-electron chi connectivity index (χ3n) is 4.70. The van der Waals surface area contributed by atoms with Crippen LogP contribution in [0.3, 0.4) is 0 Å². The Bertz CT molecular complexity index is 1300. The Hall–Kier alpha value is -2.96. The quantitative estimate of drug-likeness (QED) is 0.405. The van der Waals surface area contributed by atoms with Crippen molar-refractivity contribution in [3.8, 4) is 0 Å². The molecule has 0 aliphatic rings. The summed E-state index contributed by atoms with van der Waals surface area (Å²) in [5.74, 6) is -0.130. The number of carbonyl (C=O) groups is 1. The molecular formula is C22H17N3OS2. The van der Waals surface area contributed by atoms with Crippen molar-refractivity contribution in [3.63, 3.8) is 0 Å². The second-order valence-electron chi connectivity index (χ2n) is 6.72. The van der Waals surface area contributed by atoms with Gasteiger partial charge < -0.3 is 4.57 Å². The fraction of sp³-hybridized carbons (Fsp3) is 0.0909. The lowest BCUT2D eigenvalue weighted by Gasteiger charge is -2.10. The number of fused-ring (bicyclic) bond motifs is 2. The summed E-state index contributed by atoms with van der Waals surface area (Å²) in [7, 11) is 0. The molecule has 0 saturated heterocycles. The van der Waals surface area contributed by atoms with Crippen molar-refractivity contribution in [2.24, 2.45) is 0 Å². The van der Waals surface area contributed by atoms with Gasteiger partial charge in [0.25, 0.3) is 5.91 Å². The molecule has 5 rings (SSSR count). The lowest BCUT2D eigenvalue weighted by molar-refractivity contribution is 0.101. The van der Waals surface area contributed by atoms with E-state index in [1.807, 2.05) is 36.4 Å². The van der Waals surface area contributed by atoms with Gasteiger partial charge in [-0.05, 0) is 47.7 Å². The van der Waals surface area contributed by atoms with Crippen LogP contribution in [0, 0.1) is 6.92 Å². The number of anilines is 1. The molecule has 138 valence electrons. The number of carbonyl (C=O) groups excluding carboxylic acids is 1. The standard InChI is InChI=1S/C22H17N3OS2/c1-14-7-8-16-19(11-14)28-22(23-16)24-21(26)18-12-20-17(9-10-27-20)25(18)13-15-5-3-2-4-6-15/h2-12H,13H2,1H3,(H,23,24,26). The summed E-state index contributed by atoms with van der Waals surface area (Å²) in [5, 5.41) is 5.68. The molecule has 2 aromatic carbocycles. The Morgan fingerprint density at radius 2 is 1.93 bits per heavy atom. The molecule has 0 fully saturated rings. The maximum Gasteiger partial charge on any atom is 0.274 e. The third-order valence-corrected chi connectivity index (χ3v) is 6.49. The fourth-order valence-electron chi connectivity index (χ4n) is 3.35. The number of amides is 1. The van der Waals surface area contributed by atoms with E-state index in [4.69, 9.17) is 0 Å². The van der Waals surface area contributed by atoms with E-state index in [1.54, 1.807) is 11.3 Å². The van der Waals surface area contributed by atoms with Gasteiger partial charge in [-0.25, -0.2) is 4.98 Å². The average molecular weight is 404 g/mol. The summed E-state index contributed by atoms with van der Waals surface area (Å²) < 4.78 is 4.27. The first-order valence-electron chi connectivity index (χ1n) is 8.96. The van der Waals surface area contributed by atoms with Gasteiger partial charge in [0, 0.05) is 6.54 Å². The molecule has 0 atom stereocenters. The van der Waals surface area contributed by atoms with Crippen molar-refractivity contribution in [3.05, 3.63) is 82.9 Å². The van der Waals surface area contributed by atoms with Gasteiger partial charge in [0.1, 0.15) is 5.69 Å². The van der Waals surface area contributed by atoms with Crippen LogP contribution in [0.2, 0.25) is 0 Å². The molecule has 6 heteroatoms. The van der Waals surface area contributed by atoms with Gasteiger partial charge in [-0.1, -0.05) is 47.7 Å². The summed E-state index contributed by atoms with van der Waals surface area (Å²) in [6.45, 7) is 2.71. The molecule has 0 bridgehead atoms. The third kappa shape index (κ3) is 3.10. The van der Waals surface area contributed by atoms with E-state index in [9.17, 15) is 4.79 Å². The molecule has 3 heterocycles. The highest BCUT2D eigenvalue weighted by molar-refractivity contribution is 7.22. The highest BCUT2D eigenvalue weighted by Crippen LogP contribution is 2.29. The second kappa shape index (κ2) is 6.89. The molecule has 0 radical (unpaired) electrons. The number of aromatic nitrogens is 2. The molecule has 5 aromatic rings. The lowest BCUT2D eigenvalue weighted by atomic mass is 10.2. The Morgan fingerprint density at radius 3 is 2.79 bits per heavy atom. The largest absolute Gasteiger partial charge is 0.331 e. The first-order chi connectivity index (χ1) is 13.7. The number of rotatable bonds is 4. The molecule has 28 heavy (non-hydrogen) atoms. The number of thiazole rings is 1. The van der Waals surface area contributed by atoms with E-state index in [-0.39, 0.29) is 5.91 Å². The number of nitrogens with zero attached hydrogens (tertiary/aromatic N) is 2. The number of hydrogen-bond acceptors (Lipinski definition) is 4. The summed E-state index contributed by atoms with van der Waals surface area (Å²) in [6, 6.07) is 20.4. The summed E-state index contributed by atoms with van der Waals surface area (Å²) in [6.07, 6.45) is 0. The number of hydrogen-bond donors (Lipinski definition) is 1. The van der Waals surface area contributed by atoms with Crippen molar-refractivity contribution in [2.45, 2.75) is 13.5 Å². The highest BCUT2D eigenvalue weighted by atomic mass is 32.1. The van der Waals surface area contributed by atoms with Crippen LogP contribution in [0.15, 0.2) is 66.0 Å². The van der Waals surface area contributed by atoms with Crippen molar-refractivity contribution in [1.82, 2.24) is 9.55 Å². The zero-order valence-electron chi connectivity index (χ0n) is 15.2. The van der Waals surface area contributed by atoms with E-state index < -0.39 is 0 Å². The summed E-state index contributed by atoms with van der Waals surface area (Å²) in [4.78, 5) is 17.6. The van der Waals surface area contributed by atoms with Crippen molar-refractivity contribution >= 4 is 54.1 Å². The van der Waals surface area contributed by atoms with E-state index in [2.05, 4.69) is 51.4 Å². The SMILES string of the molecule is Cc1ccc2nc(NC(=O)c3cc4sccc4n3Cc3ccccc3)sc2c1. The van der Waals surface area contributed by atoms with Crippen LogP contribution < -0.4 is 5.32 Å².